The van der Waals surface area contributed by atoms with E-state index in [2.05, 4.69) is 16.0 Å². The summed E-state index contributed by atoms with van der Waals surface area (Å²) >= 11 is 0. The van der Waals surface area contributed by atoms with E-state index in [0.717, 1.165) is 0 Å². The minimum Gasteiger partial charge on any atom is -0.481 e. The molecule has 0 aromatic heterocycles. The minimum atomic E-state index is -1.45. The Labute approximate surface area is 188 Å². The number of carbonyl (C=O) groups excluding carboxylic acids is 3. The third-order valence-electron chi connectivity index (χ3n) is 5.15. The van der Waals surface area contributed by atoms with E-state index in [1.165, 1.54) is 0 Å². The van der Waals surface area contributed by atoms with Crippen molar-refractivity contribution < 1.29 is 34.2 Å². The number of amides is 3. The van der Waals surface area contributed by atoms with Crippen LogP contribution in [0.1, 0.15) is 60.8 Å². The molecule has 11 nitrogen and oxygen atoms in total. The number of carboxylic acids is 2. The molecule has 0 bridgehead atoms. The molecule has 5 atom stereocenters. The molecule has 0 aliphatic heterocycles. The van der Waals surface area contributed by atoms with Gasteiger partial charge in [-0.2, -0.15) is 0 Å². The first kappa shape index (κ1) is 29.3. The van der Waals surface area contributed by atoms with Crippen LogP contribution in [-0.2, 0) is 24.0 Å². The van der Waals surface area contributed by atoms with Gasteiger partial charge in [0.1, 0.15) is 18.1 Å². The van der Waals surface area contributed by atoms with Crippen molar-refractivity contribution in [2.75, 3.05) is 0 Å². The van der Waals surface area contributed by atoms with E-state index in [1.807, 2.05) is 13.8 Å². The molecule has 32 heavy (non-hydrogen) atoms. The number of aliphatic carboxylic acids is 2. The second kappa shape index (κ2) is 13.7. The van der Waals surface area contributed by atoms with Crippen LogP contribution in [0.3, 0.4) is 0 Å². The molecule has 0 aromatic carbocycles. The van der Waals surface area contributed by atoms with E-state index in [4.69, 9.17) is 10.8 Å². The molecule has 5 unspecified atom stereocenters. The van der Waals surface area contributed by atoms with Crippen LogP contribution in [0.25, 0.3) is 0 Å². The van der Waals surface area contributed by atoms with Crippen molar-refractivity contribution in [1.29, 1.82) is 0 Å². The second-order valence-corrected chi connectivity index (χ2v) is 8.83. The number of nitrogens with one attached hydrogen (secondary N) is 3. The summed E-state index contributed by atoms with van der Waals surface area (Å²) < 4.78 is 0. The van der Waals surface area contributed by atoms with E-state index in [9.17, 15) is 29.1 Å². The number of nitrogens with two attached hydrogens (primary N) is 1. The molecule has 7 N–H and O–H groups in total. The van der Waals surface area contributed by atoms with Gasteiger partial charge in [-0.15, -0.1) is 0 Å². The van der Waals surface area contributed by atoms with Crippen LogP contribution in [0.2, 0.25) is 0 Å². The van der Waals surface area contributed by atoms with Gasteiger partial charge in [-0.25, -0.2) is 4.79 Å². The number of carbonyl (C=O) groups is 5. The number of hydrogen-bond donors (Lipinski definition) is 6. The van der Waals surface area contributed by atoms with Crippen LogP contribution < -0.4 is 21.7 Å². The first-order valence-electron chi connectivity index (χ1n) is 10.8. The van der Waals surface area contributed by atoms with Gasteiger partial charge in [-0.3, -0.25) is 19.2 Å². The van der Waals surface area contributed by atoms with Gasteiger partial charge in [0, 0.05) is 0 Å². The average Bonchev–Trinajstić information content (AvgIpc) is 2.68. The molecule has 0 aliphatic rings. The van der Waals surface area contributed by atoms with E-state index in [-0.39, 0.29) is 24.2 Å². The molecular formula is C21H38N4O7. The van der Waals surface area contributed by atoms with Crippen molar-refractivity contribution in [1.82, 2.24) is 16.0 Å². The molecule has 184 valence electrons. The van der Waals surface area contributed by atoms with E-state index < -0.39 is 60.2 Å². The van der Waals surface area contributed by atoms with Gasteiger partial charge < -0.3 is 31.9 Å². The van der Waals surface area contributed by atoms with Crippen LogP contribution in [0.5, 0.6) is 0 Å². The topological polar surface area (TPSA) is 188 Å². The lowest BCUT2D eigenvalue weighted by molar-refractivity contribution is -0.144. The molecule has 0 heterocycles. The molecule has 0 fully saturated rings. The Bertz CT molecular complexity index is 681. The van der Waals surface area contributed by atoms with Crippen molar-refractivity contribution in [3.05, 3.63) is 0 Å². The lowest BCUT2D eigenvalue weighted by Gasteiger charge is -2.28. The zero-order chi connectivity index (χ0) is 25.2. The van der Waals surface area contributed by atoms with Crippen LogP contribution in [-0.4, -0.2) is 64.0 Å². The third-order valence-corrected chi connectivity index (χ3v) is 5.15. The van der Waals surface area contributed by atoms with Gasteiger partial charge >= 0.3 is 11.9 Å². The van der Waals surface area contributed by atoms with Crippen molar-refractivity contribution in [3.8, 4) is 0 Å². The molecule has 0 rings (SSSR count). The molecular weight excluding hydrogens is 420 g/mol. The Hall–Kier alpha value is -2.69. The Morgan fingerprint density at radius 2 is 1.34 bits per heavy atom. The van der Waals surface area contributed by atoms with E-state index in [1.54, 1.807) is 27.7 Å². The summed E-state index contributed by atoms with van der Waals surface area (Å²) in [5.74, 6) is -5.38. The van der Waals surface area contributed by atoms with Crippen LogP contribution in [0.4, 0.5) is 0 Å². The zero-order valence-electron chi connectivity index (χ0n) is 19.7. The highest BCUT2D eigenvalue weighted by Gasteiger charge is 2.33. The predicted octanol–water partition coefficient (Wildman–Crippen LogP) is 0.0756. The summed E-state index contributed by atoms with van der Waals surface area (Å²) in [5, 5.41) is 25.8. The first-order valence-corrected chi connectivity index (χ1v) is 10.8. The smallest absolute Gasteiger partial charge is 0.326 e. The van der Waals surface area contributed by atoms with Gasteiger partial charge in [-0.1, -0.05) is 48.0 Å². The highest BCUT2D eigenvalue weighted by molar-refractivity contribution is 5.95. The quantitative estimate of drug-likeness (QED) is 0.211. The van der Waals surface area contributed by atoms with E-state index >= 15 is 0 Å². The third kappa shape index (κ3) is 10.1. The Kier molecular flexibility index (Phi) is 12.5. The molecule has 0 radical (unpaired) electrons. The Morgan fingerprint density at radius 1 is 0.812 bits per heavy atom. The monoisotopic (exact) mass is 458 g/mol. The van der Waals surface area contributed by atoms with Gasteiger partial charge in [0.15, 0.2) is 0 Å². The number of hydrogen-bond acceptors (Lipinski definition) is 6. The Morgan fingerprint density at radius 3 is 1.75 bits per heavy atom. The average molecular weight is 459 g/mol. The second-order valence-electron chi connectivity index (χ2n) is 8.83. The summed E-state index contributed by atoms with van der Waals surface area (Å²) in [7, 11) is 0. The molecule has 0 aliphatic carbocycles. The van der Waals surface area contributed by atoms with Gasteiger partial charge in [0.2, 0.25) is 17.7 Å². The highest BCUT2D eigenvalue weighted by Crippen LogP contribution is 2.12. The van der Waals surface area contributed by atoms with Crippen LogP contribution >= 0.6 is 0 Å². The summed E-state index contributed by atoms with van der Waals surface area (Å²) in [5.41, 5.74) is 5.77. The largest absolute Gasteiger partial charge is 0.481 e. The van der Waals surface area contributed by atoms with Crippen LogP contribution in [0.15, 0.2) is 0 Å². The fraction of sp³-hybridized carbons (Fsp3) is 0.762. The predicted molar refractivity (Wildman–Crippen MR) is 117 cm³/mol. The van der Waals surface area contributed by atoms with Gasteiger partial charge in [-0.05, 0) is 24.2 Å². The van der Waals surface area contributed by atoms with Crippen molar-refractivity contribution in [2.24, 2.45) is 23.5 Å². The maximum atomic E-state index is 12.8. The maximum Gasteiger partial charge on any atom is 0.326 e. The van der Waals surface area contributed by atoms with E-state index in [0.29, 0.717) is 6.42 Å². The molecule has 0 spiro atoms. The molecule has 3 amide bonds. The molecule has 0 saturated heterocycles. The van der Waals surface area contributed by atoms with Gasteiger partial charge in [0.05, 0.1) is 12.5 Å². The highest BCUT2D eigenvalue weighted by atomic mass is 16.4. The standard InChI is InChI=1S/C21H38N4O7/c1-7-12(6)17(20(30)24-14(21(31)32)8-10(2)3)25-18(28)13(9-15(26)27)23-19(29)16(22)11(4)5/h10-14,16-17H,7-9,22H2,1-6H3,(H,23,29)(H,24,30)(H,25,28)(H,26,27)(H,31,32). The summed E-state index contributed by atoms with van der Waals surface area (Å²) in [6.45, 7) is 10.5. The summed E-state index contributed by atoms with van der Waals surface area (Å²) in [6, 6.07) is -4.65. The summed E-state index contributed by atoms with van der Waals surface area (Å²) in [6.07, 6.45) is -0.0240. The zero-order valence-corrected chi connectivity index (χ0v) is 19.7. The minimum absolute atomic E-state index is 0.00775. The van der Waals surface area contributed by atoms with Gasteiger partial charge in [0.25, 0.3) is 0 Å². The normalized spacial score (nSPS) is 15.9. The SMILES string of the molecule is CCC(C)C(NC(=O)C(CC(=O)O)NC(=O)C(N)C(C)C)C(=O)NC(CC(C)C)C(=O)O. The number of carboxylic acid groups (broad SMARTS) is 2. The molecule has 0 aromatic rings. The van der Waals surface area contributed by atoms with Crippen molar-refractivity contribution >= 4 is 29.7 Å². The lowest BCUT2D eigenvalue weighted by atomic mass is 9.96. The van der Waals surface area contributed by atoms with Crippen LogP contribution in [0, 0.1) is 17.8 Å². The Balaban J connectivity index is 5.59. The molecule has 0 saturated carbocycles. The fourth-order valence-electron chi connectivity index (χ4n) is 2.86. The summed E-state index contributed by atoms with van der Waals surface area (Å²) in [4.78, 5) is 60.6. The molecule has 11 heteroatoms. The van der Waals surface area contributed by atoms with Crippen molar-refractivity contribution in [3.63, 3.8) is 0 Å². The van der Waals surface area contributed by atoms with Crippen molar-refractivity contribution in [2.45, 2.75) is 85.0 Å². The fourth-order valence-corrected chi connectivity index (χ4v) is 2.86. The lowest BCUT2D eigenvalue weighted by Crippen LogP contribution is -2.59. The maximum absolute atomic E-state index is 12.8. The number of rotatable bonds is 14. The first-order chi connectivity index (χ1) is 14.7.